The Morgan fingerprint density at radius 3 is 2.70 bits per heavy atom. The molecular formula is C19H19FN2O. The molecule has 23 heavy (non-hydrogen) atoms. The van der Waals surface area contributed by atoms with Crippen LogP contribution in [0.3, 0.4) is 0 Å². The summed E-state index contributed by atoms with van der Waals surface area (Å²) < 4.78 is 13.5. The number of para-hydroxylation sites is 1. The molecule has 0 radical (unpaired) electrons. The number of halogens is 1. The SMILES string of the molecule is Cc1[nH]c2ccccc2c1CC(=O)NCCc1ccccc1F. The van der Waals surface area contributed by atoms with Crippen LogP contribution < -0.4 is 5.32 Å². The van der Waals surface area contributed by atoms with Gasteiger partial charge in [-0.3, -0.25) is 4.79 Å². The standard InChI is InChI=1S/C19H19FN2O/c1-13-16(15-7-3-5-9-18(15)22-13)12-19(23)21-11-10-14-6-2-4-8-17(14)20/h2-9,22H,10-12H2,1H3,(H,21,23). The van der Waals surface area contributed by atoms with Gasteiger partial charge in [-0.2, -0.15) is 0 Å². The third-order valence-corrected chi connectivity index (χ3v) is 4.04. The summed E-state index contributed by atoms with van der Waals surface area (Å²) in [5, 5.41) is 3.95. The van der Waals surface area contributed by atoms with E-state index in [0.29, 0.717) is 24.9 Å². The lowest BCUT2D eigenvalue weighted by atomic mass is 10.1. The highest BCUT2D eigenvalue weighted by Crippen LogP contribution is 2.22. The molecule has 3 rings (SSSR count). The molecule has 2 aromatic carbocycles. The normalized spacial score (nSPS) is 10.9. The molecular weight excluding hydrogens is 291 g/mol. The summed E-state index contributed by atoms with van der Waals surface area (Å²) in [6, 6.07) is 14.6. The van der Waals surface area contributed by atoms with E-state index in [1.807, 2.05) is 31.2 Å². The molecule has 4 heteroatoms. The van der Waals surface area contributed by atoms with Crippen LogP contribution in [0.25, 0.3) is 10.9 Å². The number of fused-ring (bicyclic) bond motifs is 1. The lowest BCUT2D eigenvalue weighted by Gasteiger charge is -2.06. The van der Waals surface area contributed by atoms with Gasteiger partial charge in [-0.25, -0.2) is 4.39 Å². The molecule has 1 amide bonds. The molecule has 0 fully saturated rings. The molecule has 2 N–H and O–H groups in total. The Morgan fingerprint density at radius 2 is 1.87 bits per heavy atom. The fraction of sp³-hybridized carbons (Fsp3) is 0.211. The maximum Gasteiger partial charge on any atom is 0.224 e. The van der Waals surface area contributed by atoms with Gasteiger partial charge in [-0.1, -0.05) is 36.4 Å². The highest BCUT2D eigenvalue weighted by molar-refractivity contribution is 5.90. The zero-order valence-electron chi connectivity index (χ0n) is 13.0. The van der Waals surface area contributed by atoms with Gasteiger partial charge in [-0.05, 0) is 36.6 Å². The fourth-order valence-corrected chi connectivity index (χ4v) is 2.82. The number of aromatic amines is 1. The first-order valence-electron chi connectivity index (χ1n) is 7.71. The molecule has 3 nitrogen and oxygen atoms in total. The number of H-pyrrole nitrogens is 1. The minimum Gasteiger partial charge on any atom is -0.358 e. The van der Waals surface area contributed by atoms with Crippen molar-refractivity contribution in [2.24, 2.45) is 0 Å². The van der Waals surface area contributed by atoms with Gasteiger partial charge >= 0.3 is 0 Å². The summed E-state index contributed by atoms with van der Waals surface area (Å²) >= 11 is 0. The average Bonchev–Trinajstić information content (AvgIpc) is 2.85. The first-order chi connectivity index (χ1) is 11.1. The number of carbonyl (C=O) groups excluding carboxylic acids is 1. The van der Waals surface area contributed by atoms with E-state index in [0.717, 1.165) is 22.2 Å². The van der Waals surface area contributed by atoms with Crippen molar-refractivity contribution >= 4 is 16.8 Å². The highest BCUT2D eigenvalue weighted by atomic mass is 19.1. The van der Waals surface area contributed by atoms with Gasteiger partial charge in [0.15, 0.2) is 0 Å². The van der Waals surface area contributed by atoms with Gasteiger partial charge < -0.3 is 10.3 Å². The number of aromatic nitrogens is 1. The fourth-order valence-electron chi connectivity index (χ4n) is 2.82. The Hall–Kier alpha value is -2.62. The number of hydrogen-bond donors (Lipinski definition) is 2. The number of nitrogens with one attached hydrogen (secondary N) is 2. The van der Waals surface area contributed by atoms with E-state index in [1.165, 1.54) is 6.07 Å². The number of aryl methyl sites for hydroxylation is 1. The molecule has 0 spiro atoms. The van der Waals surface area contributed by atoms with Crippen molar-refractivity contribution in [2.75, 3.05) is 6.54 Å². The molecule has 1 aromatic heterocycles. The number of hydrogen-bond acceptors (Lipinski definition) is 1. The van der Waals surface area contributed by atoms with Crippen LogP contribution in [-0.2, 0) is 17.6 Å². The third kappa shape index (κ3) is 3.42. The predicted octanol–water partition coefficient (Wildman–Crippen LogP) is 3.52. The summed E-state index contributed by atoms with van der Waals surface area (Å²) in [7, 11) is 0. The van der Waals surface area contributed by atoms with E-state index >= 15 is 0 Å². The number of benzene rings is 2. The number of rotatable bonds is 5. The highest BCUT2D eigenvalue weighted by Gasteiger charge is 2.12. The van der Waals surface area contributed by atoms with Crippen molar-refractivity contribution in [1.82, 2.24) is 10.3 Å². The van der Waals surface area contributed by atoms with Crippen LogP contribution in [0.1, 0.15) is 16.8 Å². The minimum atomic E-state index is -0.228. The van der Waals surface area contributed by atoms with Crippen LogP contribution in [0.4, 0.5) is 4.39 Å². The predicted molar refractivity (Wildman–Crippen MR) is 89.9 cm³/mol. The van der Waals surface area contributed by atoms with E-state index in [-0.39, 0.29) is 11.7 Å². The van der Waals surface area contributed by atoms with E-state index in [9.17, 15) is 9.18 Å². The van der Waals surface area contributed by atoms with Crippen molar-refractivity contribution in [1.29, 1.82) is 0 Å². The van der Waals surface area contributed by atoms with E-state index in [4.69, 9.17) is 0 Å². The molecule has 0 aliphatic heterocycles. The maximum atomic E-state index is 13.5. The molecule has 0 aliphatic rings. The molecule has 0 saturated heterocycles. The lowest BCUT2D eigenvalue weighted by molar-refractivity contribution is -0.120. The summed E-state index contributed by atoms with van der Waals surface area (Å²) in [6.45, 7) is 2.41. The van der Waals surface area contributed by atoms with Crippen LogP contribution in [0.5, 0.6) is 0 Å². The Morgan fingerprint density at radius 1 is 1.13 bits per heavy atom. The molecule has 118 valence electrons. The zero-order valence-corrected chi connectivity index (χ0v) is 13.0. The summed E-state index contributed by atoms with van der Waals surface area (Å²) in [6.07, 6.45) is 0.818. The maximum absolute atomic E-state index is 13.5. The lowest BCUT2D eigenvalue weighted by Crippen LogP contribution is -2.27. The second-order valence-electron chi connectivity index (χ2n) is 5.64. The van der Waals surface area contributed by atoms with Gasteiger partial charge in [-0.15, -0.1) is 0 Å². The monoisotopic (exact) mass is 310 g/mol. The van der Waals surface area contributed by atoms with E-state index in [2.05, 4.69) is 10.3 Å². The second-order valence-corrected chi connectivity index (χ2v) is 5.64. The largest absolute Gasteiger partial charge is 0.358 e. The van der Waals surface area contributed by atoms with Gasteiger partial charge in [0.1, 0.15) is 5.82 Å². The quantitative estimate of drug-likeness (QED) is 0.744. The van der Waals surface area contributed by atoms with Crippen molar-refractivity contribution in [3.8, 4) is 0 Å². The van der Waals surface area contributed by atoms with Crippen molar-refractivity contribution in [3.63, 3.8) is 0 Å². The van der Waals surface area contributed by atoms with Crippen molar-refractivity contribution in [3.05, 3.63) is 71.2 Å². The van der Waals surface area contributed by atoms with E-state index < -0.39 is 0 Å². The average molecular weight is 310 g/mol. The van der Waals surface area contributed by atoms with Gasteiger partial charge in [0.05, 0.1) is 6.42 Å². The van der Waals surface area contributed by atoms with Crippen LogP contribution in [0.15, 0.2) is 48.5 Å². The Kier molecular flexibility index (Phi) is 4.42. The van der Waals surface area contributed by atoms with Crippen molar-refractivity contribution in [2.45, 2.75) is 19.8 Å². The third-order valence-electron chi connectivity index (χ3n) is 4.04. The molecule has 0 bridgehead atoms. The smallest absolute Gasteiger partial charge is 0.224 e. The Balaban J connectivity index is 1.61. The Bertz CT molecular complexity index is 838. The number of carbonyl (C=O) groups is 1. The topological polar surface area (TPSA) is 44.9 Å². The Labute approximate surface area is 134 Å². The van der Waals surface area contributed by atoms with E-state index in [1.54, 1.807) is 18.2 Å². The molecule has 0 aliphatic carbocycles. The van der Waals surface area contributed by atoms with Crippen LogP contribution >= 0.6 is 0 Å². The molecule has 0 unspecified atom stereocenters. The summed E-state index contributed by atoms with van der Waals surface area (Å²) in [5.41, 5.74) is 3.69. The molecule has 0 saturated carbocycles. The zero-order chi connectivity index (χ0) is 16.2. The van der Waals surface area contributed by atoms with Crippen molar-refractivity contribution < 1.29 is 9.18 Å². The first-order valence-corrected chi connectivity index (χ1v) is 7.71. The van der Waals surface area contributed by atoms with Crippen LogP contribution in [0.2, 0.25) is 0 Å². The molecule has 0 atom stereocenters. The summed E-state index contributed by atoms with van der Waals surface area (Å²) in [4.78, 5) is 15.5. The minimum absolute atomic E-state index is 0.0470. The number of amides is 1. The summed E-state index contributed by atoms with van der Waals surface area (Å²) in [5.74, 6) is -0.275. The first kappa shape index (κ1) is 15.3. The van der Waals surface area contributed by atoms with Crippen LogP contribution in [-0.4, -0.2) is 17.4 Å². The van der Waals surface area contributed by atoms with Crippen LogP contribution in [0, 0.1) is 12.7 Å². The van der Waals surface area contributed by atoms with Gasteiger partial charge in [0, 0.05) is 23.1 Å². The molecule has 3 aromatic rings. The molecule has 1 heterocycles. The van der Waals surface area contributed by atoms with Gasteiger partial charge in [0.2, 0.25) is 5.91 Å². The van der Waals surface area contributed by atoms with Gasteiger partial charge in [0.25, 0.3) is 0 Å². The second kappa shape index (κ2) is 6.65.